The third-order valence-corrected chi connectivity index (χ3v) is 3.54. The molecule has 124 valence electrons. The fourth-order valence-electron chi connectivity index (χ4n) is 2.34. The van der Waals surface area contributed by atoms with Gasteiger partial charge in [0.2, 0.25) is 0 Å². The second-order valence-corrected chi connectivity index (χ2v) is 5.12. The molecule has 2 aromatic rings. The first-order chi connectivity index (χ1) is 11.6. The number of aliphatic hydroxyl groups excluding tert-OH is 1. The summed E-state index contributed by atoms with van der Waals surface area (Å²) in [5, 5.41) is 15.7. The number of hydrogen-bond donors (Lipinski definition) is 2. The lowest BCUT2D eigenvalue weighted by molar-refractivity contribution is -0.137. The van der Waals surface area contributed by atoms with E-state index in [1.165, 1.54) is 6.08 Å². The molecule has 0 atom stereocenters. The van der Waals surface area contributed by atoms with Gasteiger partial charge in [-0.1, -0.05) is 24.2 Å². The molecule has 24 heavy (non-hydrogen) atoms. The number of anilines is 1. The maximum Gasteiger partial charge on any atom is 0.277 e. The van der Waals surface area contributed by atoms with Crippen LogP contribution in [0.2, 0.25) is 0 Å². The lowest BCUT2D eigenvalue weighted by atomic mass is 10.1. The number of rotatable bonds is 6. The van der Waals surface area contributed by atoms with Crippen molar-refractivity contribution in [2.75, 3.05) is 18.5 Å². The number of nitrogens with zero attached hydrogens (tertiary/aromatic N) is 3. The van der Waals surface area contributed by atoms with Gasteiger partial charge in [-0.25, -0.2) is 0 Å². The van der Waals surface area contributed by atoms with Crippen LogP contribution in [0.4, 0.5) is 5.69 Å². The molecule has 8 heteroatoms. The number of nitrogens with one attached hydrogen (secondary N) is 1. The number of hydrogen-bond acceptors (Lipinski definition) is 7. The highest BCUT2D eigenvalue weighted by Crippen LogP contribution is 2.28. The van der Waals surface area contributed by atoms with E-state index in [0.29, 0.717) is 29.4 Å². The SMILES string of the molecule is CCc1noc(-c2ccccc2NC2=CC(=O)N(CCO)C2=O)n1. The van der Waals surface area contributed by atoms with Crippen LogP contribution >= 0.6 is 0 Å². The molecule has 1 aromatic carbocycles. The summed E-state index contributed by atoms with van der Waals surface area (Å²) in [5.41, 5.74) is 1.34. The minimum atomic E-state index is -0.483. The maximum absolute atomic E-state index is 12.2. The lowest BCUT2D eigenvalue weighted by Crippen LogP contribution is -2.34. The third-order valence-electron chi connectivity index (χ3n) is 3.54. The number of para-hydroxylation sites is 1. The summed E-state index contributed by atoms with van der Waals surface area (Å²) in [4.78, 5) is 29.3. The van der Waals surface area contributed by atoms with Gasteiger partial charge in [0.1, 0.15) is 5.70 Å². The highest BCUT2D eigenvalue weighted by Gasteiger charge is 2.31. The molecule has 0 saturated carbocycles. The van der Waals surface area contributed by atoms with Crippen molar-refractivity contribution in [1.82, 2.24) is 15.0 Å². The van der Waals surface area contributed by atoms with Gasteiger partial charge < -0.3 is 14.9 Å². The Bertz CT molecular complexity index is 812. The molecule has 1 aliphatic heterocycles. The number of carbonyl (C=O) groups is 2. The van der Waals surface area contributed by atoms with E-state index in [1.54, 1.807) is 18.2 Å². The number of amides is 2. The van der Waals surface area contributed by atoms with Crippen LogP contribution in [-0.2, 0) is 16.0 Å². The van der Waals surface area contributed by atoms with Crippen molar-refractivity contribution in [2.24, 2.45) is 0 Å². The van der Waals surface area contributed by atoms with Crippen LogP contribution in [-0.4, -0.2) is 45.1 Å². The van der Waals surface area contributed by atoms with Crippen molar-refractivity contribution in [3.63, 3.8) is 0 Å². The first-order valence-corrected chi connectivity index (χ1v) is 7.51. The number of aryl methyl sites for hydroxylation is 1. The van der Waals surface area contributed by atoms with E-state index in [4.69, 9.17) is 9.63 Å². The zero-order valence-corrected chi connectivity index (χ0v) is 13.0. The molecular weight excluding hydrogens is 312 g/mol. The van der Waals surface area contributed by atoms with Crippen LogP contribution in [0.25, 0.3) is 11.5 Å². The summed E-state index contributed by atoms with van der Waals surface area (Å²) in [6, 6.07) is 7.13. The summed E-state index contributed by atoms with van der Waals surface area (Å²) in [7, 11) is 0. The van der Waals surface area contributed by atoms with Gasteiger partial charge in [-0.15, -0.1) is 0 Å². The van der Waals surface area contributed by atoms with E-state index < -0.39 is 11.8 Å². The van der Waals surface area contributed by atoms with Crippen LogP contribution < -0.4 is 5.32 Å². The number of aliphatic hydroxyl groups is 1. The minimum Gasteiger partial charge on any atom is -0.395 e. The van der Waals surface area contributed by atoms with Crippen LogP contribution in [0.1, 0.15) is 12.7 Å². The Balaban J connectivity index is 1.88. The van der Waals surface area contributed by atoms with E-state index in [1.807, 2.05) is 13.0 Å². The van der Waals surface area contributed by atoms with E-state index in [-0.39, 0.29) is 18.8 Å². The van der Waals surface area contributed by atoms with Crippen LogP contribution in [0, 0.1) is 0 Å². The van der Waals surface area contributed by atoms with Gasteiger partial charge in [-0.05, 0) is 12.1 Å². The Kier molecular flexibility index (Phi) is 4.39. The van der Waals surface area contributed by atoms with Gasteiger partial charge in [-0.3, -0.25) is 14.5 Å². The lowest BCUT2D eigenvalue weighted by Gasteiger charge is -2.14. The van der Waals surface area contributed by atoms with Gasteiger partial charge in [0, 0.05) is 12.5 Å². The minimum absolute atomic E-state index is 0.0372. The van der Waals surface area contributed by atoms with Crippen LogP contribution in [0.15, 0.2) is 40.6 Å². The van der Waals surface area contributed by atoms with E-state index >= 15 is 0 Å². The molecule has 0 aliphatic carbocycles. The fraction of sp³-hybridized carbons (Fsp3) is 0.250. The van der Waals surface area contributed by atoms with Gasteiger partial charge in [0.15, 0.2) is 5.82 Å². The predicted molar refractivity (Wildman–Crippen MR) is 84.6 cm³/mol. The summed E-state index contributed by atoms with van der Waals surface area (Å²) >= 11 is 0. The Labute approximate surface area is 137 Å². The zero-order valence-electron chi connectivity index (χ0n) is 13.0. The molecule has 0 bridgehead atoms. The standard InChI is InChI=1S/C16H16N4O4/c1-2-13-18-15(24-19-13)10-5-3-4-6-11(10)17-12-9-14(22)20(7-8-21)16(12)23/h3-6,9,17,21H,2,7-8H2,1H3. The van der Waals surface area contributed by atoms with Crippen molar-refractivity contribution >= 4 is 17.5 Å². The molecule has 2 N–H and O–H groups in total. The van der Waals surface area contributed by atoms with E-state index in [0.717, 1.165) is 4.90 Å². The van der Waals surface area contributed by atoms with Crippen LogP contribution in [0.3, 0.4) is 0 Å². The summed E-state index contributed by atoms with van der Waals surface area (Å²) in [6.07, 6.45) is 1.85. The quantitative estimate of drug-likeness (QED) is 0.760. The third kappa shape index (κ3) is 2.91. The number of carbonyl (C=O) groups excluding carboxylic acids is 2. The summed E-state index contributed by atoms with van der Waals surface area (Å²) in [6.45, 7) is 1.60. The summed E-state index contributed by atoms with van der Waals surface area (Å²) in [5.74, 6) is -0.0245. The van der Waals surface area contributed by atoms with Gasteiger partial charge in [0.05, 0.1) is 24.4 Å². The molecular formula is C16H16N4O4. The molecule has 0 spiro atoms. The number of imide groups is 1. The monoisotopic (exact) mass is 328 g/mol. The maximum atomic E-state index is 12.2. The molecule has 0 fully saturated rings. The zero-order chi connectivity index (χ0) is 17.1. The predicted octanol–water partition coefficient (Wildman–Crippen LogP) is 0.956. The van der Waals surface area contributed by atoms with Gasteiger partial charge in [0.25, 0.3) is 17.7 Å². The topological polar surface area (TPSA) is 109 Å². The highest BCUT2D eigenvalue weighted by atomic mass is 16.5. The Morgan fingerprint density at radius 2 is 2.08 bits per heavy atom. The van der Waals surface area contributed by atoms with Gasteiger partial charge in [-0.2, -0.15) is 4.98 Å². The van der Waals surface area contributed by atoms with E-state index in [2.05, 4.69) is 15.5 Å². The average molecular weight is 328 g/mol. The number of aromatic nitrogens is 2. The Morgan fingerprint density at radius 1 is 1.29 bits per heavy atom. The van der Waals surface area contributed by atoms with Crippen molar-refractivity contribution in [1.29, 1.82) is 0 Å². The Morgan fingerprint density at radius 3 is 2.79 bits per heavy atom. The molecule has 3 rings (SSSR count). The van der Waals surface area contributed by atoms with Crippen LogP contribution in [0.5, 0.6) is 0 Å². The molecule has 1 aromatic heterocycles. The molecule has 2 heterocycles. The normalized spacial score (nSPS) is 14.2. The average Bonchev–Trinajstić information content (AvgIpc) is 3.16. The highest BCUT2D eigenvalue weighted by molar-refractivity contribution is 6.17. The second kappa shape index (κ2) is 6.63. The number of β-amino-alcohol motifs (C(OH)–C–C–N with tert-alkyl or cyclic N) is 1. The molecule has 1 aliphatic rings. The first kappa shape index (κ1) is 15.9. The first-order valence-electron chi connectivity index (χ1n) is 7.51. The molecule has 0 saturated heterocycles. The van der Waals surface area contributed by atoms with E-state index in [9.17, 15) is 9.59 Å². The number of benzene rings is 1. The van der Waals surface area contributed by atoms with Crippen molar-refractivity contribution in [3.05, 3.63) is 41.9 Å². The fourth-order valence-corrected chi connectivity index (χ4v) is 2.34. The van der Waals surface area contributed by atoms with Crippen molar-refractivity contribution in [3.8, 4) is 11.5 Å². The summed E-state index contributed by atoms with van der Waals surface area (Å²) < 4.78 is 5.24. The van der Waals surface area contributed by atoms with Crippen molar-refractivity contribution < 1.29 is 19.2 Å². The molecule has 2 amide bonds. The molecule has 0 radical (unpaired) electrons. The largest absolute Gasteiger partial charge is 0.395 e. The smallest absolute Gasteiger partial charge is 0.277 e. The van der Waals surface area contributed by atoms with Crippen molar-refractivity contribution in [2.45, 2.75) is 13.3 Å². The van der Waals surface area contributed by atoms with Gasteiger partial charge >= 0.3 is 0 Å². The Hall–Kier alpha value is -3.00. The molecule has 0 unspecified atom stereocenters. The molecule has 8 nitrogen and oxygen atoms in total. The second-order valence-electron chi connectivity index (χ2n) is 5.12.